The molecular formula is C14H9BrCl2N4. The summed E-state index contributed by atoms with van der Waals surface area (Å²) in [5.74, 6) is 0. The topological polar surface area (TPSA) is 34.6 Å². The van der Waals surface area contributed by atoms with Gasteiger partial charge in [0.1, 0.15) is 15.9 Å². The van der Waals surface area contributed by atoms with E-state index in [2.05, 4.69) is 25.9 Å². The van der Waals surface area contributed by atoms with Crippen molar-refractivity contribution in [3.05, 3.63) is 69.9 Å². The van der Waals surface area contributed by atoms with Crippen LogP contribution in [-0.4, -0.2) is 18.8 Å². The number of nitrogens with zero attached hydrogens (tertiary/aromatic N) is 4. The number of aromatic nitrogens is 4. The third-order valence-corrected chi connectivity index (χ3v) is 3.85. The molecule has 0 fully saturated rings. The summed E-state index contributed by atoms with van der Waals surface area (Å²) in [4.78, 5) is 8.17. The van der Waals surface area contributed by atoms with Crippen LogP contribution in [0, 0.1) is 0 Å². The largest absolute Gasteiger partial charge is 0.307 e. The van der Waals surface area contributed by atoms with Crippen LogP contribution < -0.4 is 0 Å². The first kappa shape index (κ1) is 14.4. The fraction of sp³-hybridized carbons (Fsp3) is 0. The second-order valence-electron chi connectivity index (χ2n) is 4.19. The van der Waals surface area contributed by atoms with E-state index in [1.807, 2.05) is 51.7 Å². The van der Waals surface area contributed by atoms with Gasteiger partial charge in [-0.15, -0.1) is 0 Å². The Morgan fingerprint density at radius 1 is 0.905 bits per heavy atom. The molecule has 0 spiro atoms. The maximum atomic E-state index is 5.76. The molecule has 0 atom stereocenters. The standard InChI is InChI=1S/C7H4BrClN2.C7H5ClN2/c8-6-4-10-7-3-5(9)1-2-11(6)7;8-6-1-3-10-4-2-9-7(10)5-6/h1-4H;1-5H. The van der Waals surface area contributed by atoms with E-state index in [4.69, 9.17) is 23.2 Å². The lowest BCUT2D eigenvalue weighted by molar-refractivity contribution is 1.15. The fourth-order valence-electron chi connectivity index (χ4n) is 1.81. The second-order valence-corrected chi connectivity index (χ2v) is 5.88. The fourth-order valence-corrected chi connectivity index (χ4v) is 2.52. The van der Waals surface area contributed by atoms with Gasteiger partial charge in [-0.3, -0.25) is 4.40 Å². The van der Waals surface area contributed by atoms with Crippen LogP contribution in [-0.2, 0) is 0 Å². The minimum absolute atomic E-state index is 0.704. The first-order valence-electron chi connectivity index (χ1n) is 6.00. The third-order valence-electron chi connectivity index (χ3n) is 2.79. The molecule has 0 unspecified atom stereocenters. The van der Waals surface area contributed by atoms with Gasteiger partial charge in [-0.2, -0.15) is 0 Å². The van der Waals surface area contributed by atoms with Gasteiger partial charge in [-0.1, -0.05) is 23.2 Å². The van der Waals surface area contributed by atoms with E-state index in [9.17, 15) is 0 Å². The lowest BCUT2D eigenvalue weighted by Gasteiger charge is -1.93. The van der Waals surface area contributed by atoms with Crippen molar-refractivity contribution in [3.8, 4) is 0 Å². The summed E-state index contributed by atoms with van der Waals surface area (Å²) in [7, 11) is 0. The number of hydrogen-bond donors (Lipinski definition) is 0. The summed E-state index contributed by atoms with van der Waals surface area (Å²) in [5, 5.41) is 1.43. The van der Waals surface area contributed by atoms with E-state index in [0.717, 1.165) is 20.9 Å². The van der Waals surface area contributed by atoms with E-state index >= 15 is 0 Å². The second kappa shape index (κ2) is 6.05. The van der Waals surface area contributed by atoms with Crippen LogP contribution in [0.15, 0.2) is 59.9 Å². The molecule has 0 aliphatic rings. The molecular weight excluding hydrogens is 375 g/mol. The molecule has 106 valence electrons. The summed E-state index contributed by atoms with van der Waals surface area (Å²) in [6.45, 7) is 0. The number of fused-ring (bicyclic) bond motifs is 2. The van der Waals surface area contributed by atoms with Crippen molar-refractivity contribution in [3.63, 3.8) is 0 Å². The highest BCUT2D eigenvalue weighted by Crippen LogP contribution is 2.16. The molecule has 4 nitrogen and oxygen atoms in total. The Hall–Kier alpha value is -1.56. The van der Waals surface area contributed by atoms with E-state index in [1.54, 1.807) is 12.4 Å². The van der Waals surface area contributed by atoms with E-state index < -0.39 is 0 Å². The highest BCUT2D eigenvalue weighted by Gasteiger charge is 1.98. The number of pyridine rings is 2. The molecule has 0 bridgehead atoms. The minimum atomic E-state index is 0.704. The number of hydrogen-bond acceptors (Lipinski definition) is 2. The molecule has 4 rings (SSSR count). The van der Waals surface area contributed by atoms with Crippen LogP contribution in [0.5, 0.6) is 0 Å². The maximum absolute atomic E-state index is 5.76. The van der Waals surface area contributed by atoms with Gasteiger partial charge in [0.25, 0.3) is 0 Å². The van der Waals surface area contributed by atoms with Gasteiger partial charge in [0.05, 0.1) is 6.20 Å². The van der Waals surface area contributed by atoms with Gasteiger partial charge < -0.3 is 4.40 Å². The molecule has 0 aliphatic heterocycles. The third kappa shape index (κ3) is 3.20. The number of imidazole rings is 2. The van der Waals surface area contributed by atoms with Gasteiger partial charge in [0.15, 0.2) is 0 Å². The molecule has 0 aliphatic carbocycles. The van der Waals surface area contributed by atoms with Gasteiger partial charge >= 0.3 is 0 Å². The van der Waals surface area contributed by atoms with Crippen LogP contribution in [0.3, 0.4) is 0 Å². The highest BCUT2D eigenvalue weighted by atomic mass is 79.9. The van der Waals surface area contributed by atoms with Crippen LogP contribution >= 0.6 is 39.1 Å². The molecule has 4 aromatic rings. The molecule has 0 aromatic carbocycles. The van der Waals surface area contributed by atoms with E-state index in [-0.39, 0.29) is 0 Å². The Bertz CT molecular complexity index is 900. The number of halogens is 3. The Morgan fingerprint density at radius 2 is 1.62 bits per heavy atom. The van der Waals surface area contributed by atoms with Crippen molar-refractivity contribution in [1.29, 1.82) is 0 Å². The summed E-state index contributed by atoms with van der Waals surface area (Å²) in [6, 6.07) is 7.28. The van der Waals surface area contributed by atoms with Gasteiger partial charge in [0.2, 0.25) is 0 Å². The SMILES string of the molecule is Clc1ccn2c(Br)cnc2c1.Clc1ccn2ccnc2c1. The molecule has 0 saturated heterocycles. The van der Waals surface area contributed by atoms with Crippen molar-refractivity contribution in [1.82, 2.24) is 18.8 Å². The average Bonchev–Trinajstić information content (AvgIpc) is 3.06. The molecule has 4 heterocycles. The van der Waals surface area contributed by atoms with Crippen molar-refractivity contribution in [2.24, 2.45) is 0 Å². The van der Waals surface area contributed by atoms with Crippen molar-refractivity contribution in [2.75, 3.05) is 0 Å². The summed E-state index contributed by atoms with van der Waals surface area (Å²) >= 11 is 14.8. The lowest BCUT2D eigenvalue weighted by Crippen LogP contribution is -1.82. The predicted octanol–water partition coefficient (Wildman–Crippen LogP) is 4.74. The normalized spacial score (nSPS) is 10.6. The molecule has 21 heavy (non-hydrogen) atoms. The first-order valence-corrected chi connectivity index (χ1v) is 7.55. The van der Waals surface area contributed by atoms with Crippen molar-refractivity contribution < 1.29 is 0 Å². The average molecular weight is 384 g/mol. The minimum Gasteiger partial charge on any atom is -0.307 e. The zero-order valence-corrected chi connectivity index (χ0v) is 13.7. The molecule has 4 aromatic heterocycles. The molecule has 0 amide bonds. The lowest BCUT2D eigenvalue weighted by atomic mass is 10.5. The summed E-state index contributed by atoms with van der Waals surface area (Å²) < 4.78 is 4.75. The monoisotopic (exact) mass is 382 g/mol. The highest BCUT2D eigenvalue weighted by molar-refractivity contribution is 9.10. The Morgan fingerprint density at radius 3 is 2.43 bits per heavy atom. The van der Waals surface area contributed by atoms with E-state index in [1.165, 1.54) is 0 Å². The Balaban J connectivity index is 0.000000126. The van der Waals surface area contributed by atoms with Crippen LogP contribution in [0.2, 0.25) is 10.0 Å². The molecule has 7 heteroatoms. The Labute approximate surface area is 139 Å². The van der Waals surface area contributed by atoms with Crippen molar-refractivity contribution in [2.45, 2.75) is 0 Å². The zero-order chi connectivity index (χ0) is 14.8. The van der Waals surface area contributed by atoms with Crippen molar-refractivity contribution >= 4 is 50.4 Å². The van der Waals surface area contributed by atoms with Gasteiger partial charge in [-0.25, -0.2) is 9.97 Å². The zero-order valence-electron chi connectivity index (χ0n) is 10.6. The van der Waals surface area contributed by atoms with Gasteiger partial charge in [0, 0.05) is 40.9 Å². The predicted molar refractivity (Wildman–Crippen MR) is 88.1 cm³/mol. The van der Waals surface area contributed by atoms with E-state index in [0.29, 0.717) is 5.02 Å². The van der Waals surface area contributed by atoms with Crippen LogP contribution in [0.25, 0.3) is 11.3 Å². The maximum Gasteiger partial charge on any atom is 0.139 e. The quantitative estimate of drug-likeness (QED) is 0.439. The summed E-state index contributed by atoms with van der Waals surface area (Å²) in [6.07, 6.45) is 9.11. The molecule has 0 radical (unpaired) electrons. The van der Waals surface area contributed by atoms with Gasteiger partial charge in [-0.05, 0) is 34.1 Å². The molecule has 0 saturated carbocycles. The first-order chi connectivity index (χ1) is 10.1. The summed E-state index contributed by atoms with van der Waals surface area (Å²) in [5.41, 5.74) is 1.73. The number of rotatable bonds is 0. The van der Waals surface area contributed by atoms with Crippen LogP contribution in [0.1, 0.15) is 0 Å². The Kier molecular flexibility index (Phi) is 4.14. The van der Waals surface area contributed by atoms with Crippen LogP contribution in [0.4, 0.5) is 0 Å². The molecule has 0 N–H and O–H groups in total. The smallest absolute Gasteiger partial charge is 0.139 e.